The molecular formula is C22H34N4. The second kappa shape index (κ2) is 9.29. The Hall–Kier alpha value is -1.71. The second-order valence-corrected chi connectivity index (χ2v) is 8.01. The zero-order valence-electron chi connectivity index (χ0n) is 16.7. The number of hydrogen-bond donors (Lipinski definition) is 1. The van der Waals surface area contributed by atoms with Crippen LogP contribution >= 0.6 is 0 Å². The van der Waals surface area contributed by atoms with Gasteiger partial charge in [-0.25, -0.2) is 9.97 Å². The molecule has 1 heterocycles. The number of allylic oxidation sites excluding steroid dienone is 2. The monoisotopic (exact) mass is 354 g/mol. The lowest BCUT2D eigenvalue weighted by Crippen LogP contribution is -2.23. The Labute approximate surface area is 158 Å². The van der Waals surface area contributed by atoms with Gasteiger partial charge < -0.3 is 5.32 Å². The van der Waals surface area contributed by atoms with E-state index in [9.17, 15) is 0 Å². The van der Waals surface area contributed by atoms with Gasteiger partial charge in [0.05, 0.1) is 5.69 Å². The summed E-state index contributed by atoms with van der Waals surface area (Å²) >= 11 is 0. The average molecular weight is 355 g/mol. The van der Waals surface area contributed by atoms with E-state index in [4.69, 9.17) is 4.98 Å². The van der Waals surface area contributed by atoms with Crippen molar-refractivity contribution in [1.82, 2.24) is 9.97 Å². The van der Waals surface area contributed by atoms with Gasteiger partial charge in [0.1, 0.15) is 0 Å². The SMILES string of the molecule is CCC/C(CC1CC1)=C(\C=N/C)c1nc(NC2CCCCC2)ncc1C. The lowest BCUT2D eigenvalue weighted by molar-refractivity contribution is 0.461. The summed E-state index contributed by atoms with van der Waals surface area (Å²) in [5, 5.41) is 3.58. The first-order valence-corrected chi connectivity index (χ1v) is 10.5. The van der Waals surface area contributed by atoms with Gasteiger partial charge >= 0.3 is 0 Å². The zero-order chi connectivity index (χ0) is 18.4. The van der Waals surface area contributed by atoms with Gasteiger partial charge in [-0.3, -0.25) is 4.99 Å². The minimum Gasteiger partial charge on any atom is -0.351 e. The minimum atomic E-state index is 0.521. The average Bonchev–Trinajstić information content (AvgIpc) is 3.46. The number of aromatic nitrogens is 2. The van der Waals surface area contributed by atoms with Crippen molar-refractivity contribution in [1.29, 1.82) is 0 Å². The van der Waals surface area contributed by atoms with Crippen LogP contribution in [0.3, 0.4) is 0 Å². The van der Waals surface area contributed by atoms with Crippen LogP contribution in [0.1, 0.15) is 82.4 Å². The van der Waals surface area contributed by atoms with Crippen molar-refractivity contribution in [3.8, 4) is 0 Å². The maximum absolute atomic E-state index is 4.94. The number of rotatable bonds is 8. The molecule has 4 nitrogen and oxygen atoms in total. The molecule has 2 aliphatic rings. The van der Waals surface area contributed by atoms with Crippen LogP contribution in [-0.4, -0.2) is 29.3 Å². The molecule has 0 spiro atoms. The minimum absolute atomic E-state index is 0.521. The van der Waals surface area contributed by atoms with Gasteiger partial charge in [-0.15, -0.1) is 0 Å². The van der Waals surface area contributed by atoms with E-state index in [2.05, 4.69) is 29.1 Å². The fourth-order valence-corrected chi connectivity index (χ4v) is 3.98. The summed E-state index contributed by atoms with van der Waals surface area (Å²) in [4.78, 5) is 13.9. The van der Waals surface area contributed by atoms with E-state index >= 15 is 0 Å². The third-order valence-electron chi connectivity index (χ3n) is 5.59. The van der Waals surface area contributed by atoms with Crippen LogP contribution < -0.4 is 5.32 Å². The van der Waals surface area contributed by atoms with Crippen LogP contribution in [0, 0.1) is 12.8 Å². The van der Waals surface area contributed by atoms with Crippen molar-refractivity contribution in [3.63, 3.8) is 0 Å². The third kappa shape index (κ3) is 5.15. The Morgan fingerprint density at radius 3 is 2.65 bits per heavy atom. The van der Waals surface area contributed by atoms with E-state index in [0.29, 0.717) is 6.04 Å². The van der Waals surface area contributed by atoms with Gasteiger partial charge in [-0.1, -0.05) is 38.2 Å². The third-order valence-corrected chi connectivity index (χ3v) is 5.59. The standard InChI is InChI=1S/C22H34N4/c1-4-8-18(13-17-11-12-17)20(15-23-3)21-16(2)14-24-22(26-21)25-19-9-6-5-7-10-19/h14-15,17,19H,4-13H2,1-3H3,(H,24,25,26)/b20-18-,23-15-. The molecule has 142 valence electrons. The molecule has 26 heavy (non-hydrogen) atoms. The second-order valence-electron chi connectivity index (χ2n) is 8.01. The Morgan fingerprint density at radius 1 is 1.23 bits per heavy atom. The highest BCUT2D eigenvalue weighted by Crippen LogP contribution is 2.38. The highest BCUT2D eigenvalue weighted by molar-refractivity contribution is 6.10. The van der Waals surface area contributed by atoms with Gasteiger partial charge in [-0.2, -0.15) is 0 Å². The van der Waals surface area contributed by atoms with Gasteiger partial charge in [-0.05, 0) is 56.9 Å². The van der Waals surface area contributed by atoms with Crippen LogP contribution in [0.4, 0.5) is 5.95 Å². The molecule has 1 aromatic rings. The molecule has 1 aromatic heterocycles. The molecule has 0 aromatic carbocycles. The molecule has 0 radical (unpaired) electrons. The molecule has 2 aliphatic carbocycles. The van der Waals surface area contributed by atoms with Crippen LogP contribution in [0.5, 0.6) is 0 Å². The quantitative estimate of drug-likeness (QED) is 0.620. The maximum atomic E-state index is 4.94. The van der Waals surface area contributed by atoms with E-state index in [1.54, 1.807) is 0 Å². The van der Waals surface area contributed by atoms with Crippen molar-refractivity contribution < 1.29 is 0 Å². The van der Waals surface area contributed by atoms with Crippen LogP contribution in [0.2, 0.25) is 0 Å². The summed E-state index contributed by atoms with van der Waals surface area (Å²) in [6, 6.07) is 0.521. The number of aliphatic imine (C=N–C) groups is 1. The first kappa shape index (κ1) is 19.1. The largest absolute Gasteiger partial charge is 0.351 e. The Balaban J connectivity index is 1.90. The fraction of sp³-hybridized carbons (Fsp3) is 0.682. The lowest BCUT2D eigenvalue weighted by Gasteiger charge is -2.23. The Bertz CT molecular complexity index is 652. The van der Waals surface area contributed by atoms with Crippen LogP contribution in [0.25, 0.3) is 5.57 Å². The zero-order valence-corrected chi connectivity index (χ0v) is 16.7. The normalized spacial score (nSPS) is 19.7. The van der Waals surface area contributed by atoms with Gasteiger partial charge in [0.25, 0.3) is 0 Å². The van der Waals surface area contributed by atoms with Crippen molar-refractivity contribution in [2.24, 2.45) is 10.9 Å². The molecule has 0 saturated heterocycles. The molecule has 0 aliphatic heterocycles. The molecular weight excluding hydrogens is 320 g/mol. The summed E-state index contributed by atoms with van der Waals surface area (Å²) in [6.45, 7) is 4.38. The van der Waals surface area contributed by atoms with Crippen molar-refractivity contribution in [2.75, 3.05) is 12.4 Å². The van der Waals surface area contributed by atoms with E-state index in [1.807, 2.05) is 19.5 Å². The fourth-order valence-electron chi connectivity index (χ4n) is 3.98. The predicted octanol–water partition coefficient (Wildman–Crippen LogP) is 5.58. The Morgan fingerprint density at radius 2 is 2.00 bits per heavy atom. The topological polar surface area (TPSA) is 50.2 Å². The molecule has 1 N–H and O–H groups in total. The molecule has 0 bridgehead atoms. The number of hydrogen-bond acceptors (Lipinski definition) is 4. The number of nitrogens with one attached hydrogen (secondary N) is 1. The van der Waals surface area contributed by atoms with E-state index in [1.165, 1.54) is 68.9 Å². The molecule has 0 amide bonds. The summed E-state index contributed by atoms with van der Waals surface area (Å²) in [7, 11) is 1.86. The van der Waals surface area contributed by atoms with Crippen LogP contribution in [-0.2, 0) is 0 Å². The van der Waals surface area contributed by atoms with Gasteiger partial charge in [0.2, 0.25) is 5.95 Å². The van der Waals surface area contributed by atoms with E-state index in [-0.39, 0.29) is 0 Å². The van der Waals surface area contributed by atoms with Crippen molar-refractivity contribution >= 4 is 17.7 Å². The van der Waals surface area contributed by atoms with Gasteiger partial charge in [0.15, 0.2) is 0 Å². The summed E-state index contributed by atoms with van der Waals surface area (Å²) < 4.78 is 0. The van der Waals surface area contributed by atoms with Crippen LogP contribution in [0.15, 0.2) is 16.8 Å². The predicted molar refractivity (Wildman–Crippen MR) is 111 cm³/mol. The van der Waals surface area contributed by atoms with Crippen molar-refractivity contribution in [2.45, 2.75) is 84.1 Å². The first-order valence-electron chi connectivity index (χ1n) is 10.5. The lowest BCUT2D eigenvalue weighted by atomic mass is 9.94. The highest BCUT2D eigenvalue weighted by atomic mass is 15.1. The summed E-state index contributed by atoms with van der Waals surface area (Å²) in [6.07, 6.45) is 16.7. The highest BCUT2D eigenvalue weighted by Gasteiger charge is 2.24. The number of aryl methyl sites for hydroxylation is 1. The molecule has 4 heteroatoms. The summed E-state index contributed by atoms with van der Waals surface area (Å²) in [5.74, 6) is 1.65. The maximum Gasteiger partial charge on any atom is 0.223 e. The molecule has 0 atom stereocenters. The van der Waals surface area contributed by atoms with E-state index < -0.39 is 0 Å². The Kier molecular flexibility index (Phi) is 6.81. The van der Waals surface area contributed by atoms with E-state index in [0.717, 1.165) is 29.5 Å². The number of nitrogens with zero attached hydrogens (tertiary/aromatic N) is 3. The molecule has 2 saturated carbocycles. The molecule has 2 fully saturated rings. The smallest absolute Gasteiger partial charge is 0.223 e. The molecule has 3 rings (SSSR count). The first-order chi connectivity index (χ1) is 12.7. The number of anilines is 1. The molecule has 0 unspecified atom stereocenters. The summed E-state index contributed by atoms with van der Waals surface area (Å²) in [5.41, 5.74) is 4.95. The van der Waals surface area contributed by atoms with Gasteiger partial charge in [0, 0.05) is 31.1 Å². The van der Waals surface area contributed by atoms with Crippen molar-refractivity contribution in [3.05, 3.63) is 23.0 Å².